The number of hydrogen-bond donors (Lipinski definition) is 0. The Bertz CT molecular complexity index is 477. The zero-order valence-electron chi connectivity index (χ0n) is 11.5. The predicted molar refractivity (Wildman–Crippen MR) is 78.2 cm³/mol. The summed E-state index contributed by atoms with van der Waals surface area (Å²) in [6.07, 6.45) is 3.41. The van der Waals surface area contributed by atoms with E-state index in [0.29, 0.717) is 18.4 Å². The number of sulfone groups is 1. The molecule has 0 spiro atoms. The molecule has 0 fully saturated rings. The van der Waals surface area contributed by atoms with Crippen molar-refractivity contribution in [3.8, 4) is 0 Å². The third-order valence-electron chi connectivity index (χ3n) is 3.01. The maximum atomic E-state index is 11.8. The zero-order valence-corrected chi connectivity index (χ0v) is 12.3. The molecule has 0 saturated heterocycles. The molecule has 106 valence electrons. The monoisotopic (exact) mass is 282 g/mol. The summed E-state index contributed by atoms with van der Waals surface area (Å²) in [5.41, 5.74) is 0.658. The second kappa shape index (κ2) is 8.10. The Morgan fingerprint density at radius 2 is 1.63 bits per heavy atom. The molecule has 0 bridgehead atoms. The van der Waals surface area contributed by atoms with Crippen LogP contribution >= 0.6 is 0 Å². The number of unbranched alkanes of at least 4 members (excludes halogenated alkanes) is 2. The second-order valence-electron chi connectivity index (χ2n) is 4.75. The molecule has 0 amide bonds. The topological polar surface area (TPSA) is 51.2 Å². The third kappa shape index (κ3) is 6.53. The van der Waals surface area contributed by atoms with E-state index in [2.05, 4.69) is 0 Å². The van der Waals surface area contributed by atoms with Crippen LogP contribution in [-0.4, -0.2) is 25.7 Å². The maximum absolute atomic E-state index is 11.8. The van der Waals surface area contributed by atoms with Gasteiger partial charge in [0.2, 0.25) is 0 Å². The van der Waals surface area contributed by atoms with E-state index in [1.54, 1.807) is 12.1 Å². The van der Waals surface area contributed by atoms with E-state index < -0.39 is 9.84 Å². The minimum Gasteiger partial charge on any atom is -0.294 e. The number of rotatable bonds is 9. The fourth-order valence-electron chi connectivity index (χ4n) is 1.90. The van der Waals surface area contributed by atoms with Crippen molar-refractivity contribution in [3.63, 3.8) is 0 Å². The molecule has 3 nitrogen and oxygen atoms in total. The average Bonchev–Trinajstić information content (AvgIpc) is 2.39. The van der Waals surface area contributed by atoms with Crippen molar-refractivity contribution >= 4 is 15.6 Å². The molecule has 0 aliphatic heterocycles. The summed E-state index contributed by atoms with van der Waals surface area (Å²) in [4.78, 5) is 11.8. The van der Waals surface area contributed by atoms with Crippen molar-refractivity contribution in [2.24, 2.45) is 0 Å². The lowest BCUT2D eigenvalue weighted by molar-refractivity contribution is 0.0982. The van der Waals surface area contributed by atoms with Crippen molar-refractivity contribution in [2.45, 2.75) is 39.0 Å². The normalized spacial score (nSPS) is 11.4. The van der Waals surface area contributed by atoms with Crippen LogP contribution in [0.2, 0.25) is 0 Å². The van der Waals surface area contributed by atoms with Gasteiger partial charge in [-0.05, 0) is 12.8 Å². The highest BCUT2D eigenvalue weighted by Gasteiger charge is 2.12. The molecule has 19 heavy (non-hydrogen) atoms. The first-order chi connectivity index (χ1) is 9.05. The van der Waals surface area contributed by atoms with Crippen LogP contribution in [0.15, 0.2) is 30.3 Å². The first-order valence-corrected chi connectivity index (χ1v) is 8.66. The molecule has 0 heterocycles. The Morgan fingerprint density at radius 3 is 2.26 bits per heavy atom. The van der Waals surface area contributed by atoms with Crippen LogP contribution in [0.1, 0.15) is 49.4 Å². The van der Waals surface area contributed by atoms with Gasteiger partial charge in [-0.25, -0.2) is 8.42 Å². The number of ketones is 1. The highest BCUT2D eigenvalue weighted by atomic mass is 32.2. The molecule has 0 N–H and O–H groups in total. The van der Waals surface area contributed by atoms with Crippen LogP contribution in [-0.2, 0) is 9.84 Å². The van der Waals surface area contributed by atoms with Gasteiger partial charge in [0.15, 0.2) is 5.78 Å². The fraction of sp³-hybridized carbons (Fsp3) is 0.533. The number of benzene rings is 1. The van der Waals surface area contributed by atoms with E-state index in [0.717, 1.165) is 19.3 Å². The molecular formula is C15H22O3S. The highest BCUT2D eigenvalue weighted by molar-refractivity contribution is 7.91. The Kier molecular flexibility index (Phi) is 6.78. The minimum atomic E-state index is -2.98. The number of carbonyl (C=O) groups is 1. The molecule has 0 radical (unpaired) electrons. The summed E-state index contributed by atoms with van der Waals surface area (Å²) < 4.78 is 23.4. The van der Waals surface area contributed by atoms with Gasteiger partial charge in [-0.1, -0.05) is 50.1 Å². The van der Waals surface area contributed by atoms with Crippen LogP contribution < -0.4 is 0 Å². The molecule has 0 saturated carbocycles. The lowest BCUT2D eigenvalue weighted by atomic mass is 10.1. The van der Waals surface area contributed by atoms with Gasteiger partial charge in [0.05, 0.1) is 11.5 Å². The van der Waals surface area contributed by atoms with Gasteiger partial charge >= 0.3 is 0 Å². The van der Waals surface area contributed by atoms with Gasteiger partial charge in [0.25, 0.3) is 0 Å². The van der Waals surface area contributed by atoms with Crippen LogP contribution in [0, 0.1) is 0 Å². The first kappa shape index (κ1) is 15.9. The molecule has 1 aromatic rings. The third-order valence-corrected chi connectivity index (χ3v) is 4.84. The largest absolute Gasteiger partial charge is 0.294 e. The van der Waals surface area contributed by atoms with Gasteiger partial charge in [0, 0.05) is 12.0 Å². The van der Waals surface area contributed by atoms with Crippen LogP contribution in [0.4, 0.5) is 0 Å². The van der Waals surface area contributed by atoms with Gasteiger partial charge in [-0.2, -0.15) is 0 Å². The molecule has 1 rings (SSSR count). The van der Waals surface area contributed by atoms with Crippen molar-refractivity contribution in [1.82, 2.24) is 0 Å². The summed E-state index contributed by atoms with van der Waals surface area (Å²) in [6.45, 7) is 2.05. The molecule has 0 atom stereocenters. The van der Waals surface area contributed by atoms with E-state index in [-0.39, 0.29) is 17.3 Å². The number of carbonyl (C=O) groups excluding carboxylic acids is 1. The Hall–Kier alpha value is -1.16. The molecule has 4 heteroatoms. The number of Topliss-reactive ketones (excluding diaryl/α,β-unsaturated/α-hetero) is 1. The molecule has 0 unspecified atom stereocenters. The average molecular weight is 282 g/mol. The summed E-state index contributed by atoms with van der Waals surface area (Å²) in [5.74, 6) is 0.389. The Labute approximate surface area is 116 Å². The molecule has 0 aliphatic rings. The van der Waals surface area contributed by atoms with Crippen molar-refractivity contribution in [3.05, 3.63) is 35.9 Å². The van der Waals surface area contributed by atoms with Crippen LogP contribution in [0.3, 0.4) is 0 Å². The van der Waals surface area contributed by atoms with E-state index in [1.807, 2.05) is 25.1 Å². The van der Waals surface area contributed by atoms with Crippen LogP contribution in [0.25, 0.3) is 0 Å². The van der Waals surface area contributed by atoms with E-state index in [4.69, 9.17) is 0 Å². The fourth-order valence-corrected chi connectivity index (χ4v) is 3.33. The lowest BCUT2D eigenvalue weighted by Gasteiger charge is -2.04. The lowest BCUT2D eigenvalue weighted by Crippen LogP contribution is -2.12. The van der Waals surface area contributed by atoms with E-state index in [9.17, 15) is 13.2 Å². The van der Waals surface area contributed by atoms with E-state index in [1.165, 1.54) is 0 Å². The minimum absolute atomic E-state index is 0.0179. The Balaban J connectivity index is 2.32. The molecule has 0 aromatic heterocycles. The Morgan fingerprint density at radius 1 is 1.00 bits per heavy atom. The second-order valence-corrected chi connectivity index (χ2v) is 7.06. The highest BCUT2D eigenvalue weighted by Crippen LogP contribution is 2.08. The summed E-state index contributed by atoms with van der Waals surface area (Å²) in [5, 5.41) is 0. The number of hydrogen-bond acceptors (Lipinski definition) is 3. The quantitative estimate of drug-likeness (QED) is 0.516. The van der Waals surface area contributed by atoms with Crippen molar-refractivity contribution < 1.29 is 13.2 Å². The molecular weight excluding hydrogens is 260 g/mol. The molecule has 0 aliphatic carbocycles. The van der Waals surface area contributed by atoms with Crippen molar-refractivity contribution in [2.75, 3.05) is 11.5 Å². The summed E-state index contributed by atoms with van der Waals surface area (Å²) >= 11 is 0. The smallest absolute Gasteiger partial charge is 0.162 e. The SMILES string of the molecule is CCCCCS(=O)(=O)CCCC(=O)c1ccccc1. The van der Waals surface area contributed by atoms with Crippen LogP contribution in [0.5, 0.6) is 0 Å². The summed E-state index contributed by atoms with van der Waals surface area (Å²) in [6, 6.07) is 9.01. The van der Waals surface area contributed by atoms with Gasteiger partial charge in [-0.3, -0.25) is 4.79 Å². The van der Waals surface area contributed by atoms with E-state index >= 15 is 0 Å². The van der Waals surface area contributed by atoms with Gasteiger partial charge in [0.1, 0.15) is 9.84 Å². The van der Waals surface area contributed by atoms with Gasteiger partial charge < -0.3 is 0 Å². The van der Waals surface area contributed by atoms with Crippen molar-refractivity contribution in [1.29, 1.82) is 0 Å². The zero-order chi connectivity index (χ0) is 14.1. The first-order valence-electron chi connectivity index (χ1n) is 6.84. The molecule has 1 aromatic carbocycles. The maximum Gasteiger partial charge on any atom is 0.162 e. The van der Waals surface area contributed by atoms with Gasteiger partial charge in [-0.15, -0.1) is 0 Å². The standard InChI is InChI=1S/C15H22O3S/c1-2-3-7-12-19(17,18)13-8-11-15(16)14-9-5-4-6-10-14/h4-6,9-10H,2-3,7-8,11-13H2,1H3. The predicted octanol–water partition coefficient (Wildman–Crippen LogP) is 3.25. The summed E-state index contributed by atoms with van der Waals surface area (Å²) in [7, 11) is -2.98.